The molecule has 8 nitrogen and oxygen atoms in total. The smallest absolute Gasteiger partial charge is 0.237 e. The van der Waals surface area contributed by atoms with Crippen molar-refractivity contribution in [3.8, 4) is 0 Å². The first-order valence-corrected chi connectivity index (χ1v) is 9.94. The van der Waals surface area contributed by atoms with E-state index in [4.69, 9.17) is 4.74 Å². The van der Waals surface area contributed by atoms with Crippen molar-refractivity contribution in [2.75, 3.05) is 38.8 Å². The molecule has 0 saturated carbocycles. The van der Waals surface area contributed by atoms with Gasteiger partial charge in [0.25, 0.3) is 0 Å². The topological polar surface area (TPSA) is 95.6 Å². The van der Waals surface area contributed by atoms with Crippen LogP contribution < -0.4 is 0 Å². The lowest BCUT2D eigenvalue weighted by Crippen LogP contribution is -2.44. The maximum Gasteiger partial charge on any atom is 0.237 e. The molecule has 0 aromatic carbocycles. The number of H-pyrrole nitrogens is 1. The van der Waals surface area contributed by atoms with Crippen molar-refractivity contribution in [2.45, 2.75) is 32.0 Å². The van der Waals surface area contributed by atoms with Crippen molar-refractivity contribution in [3.63, 3.8) is 0 Å². The fourth-order valence-corrected chi connectivity index (χ4v) is 5.19. The van der Waals surface area contributed by atoms with Gasteiger partial charge in [-0.25, -0.2) is 8.42 Å². The average molecular weight is 356 g/mol. The highest BCUT2D eigenvalue weighted by Crippen LogP contribution is 2.22. The third kappa shape index (κ3) is 3.62. The van der Waals surface area contributed by atoms with E-state index >= 15 is 0 Å². The number of fused-ring (bicyclic) bond motifs is 1. The van der Waals surface area contributed by atoms with Gasteiger partial charge in [-0.3, -0.25) is 14.8 Å². The van der Waals surface area contributed by atoms with E-state index < -0.39 is 9.84 Å². The Kier molecular flexibility index (Phi) is 4.93. The fraction of sp³-hybridized carbons (Fsp3) is 0.733. The summed E-state index contributed by atoms with van der Waals surface area (Å²) in [5.74, 6) is 0.399. The van der Waals surface area contributed by atoms with Crippen molar-refractivity contribution in [3.05, 3.63) is 17.0 Å². The van der Waals surface area contributed by atoms with Crippen LogP contribution in [0.5, 0.6) is 0 Å². The second-order valence-electron chi connectivity index (χ2n) is 6.60. The van der Waals surface area contributed by atoms with Gasteiger partial charge in [-0.05, 0) is 13.5 Å². The first kappa shape index (κ1) is 17.4. The van der Waals surface area contributed by atoms with Crippen LogP contribution in [-0.2, 0) is 38.9 Å². The molecule has 0 spiro atoms. The minimum Gasteiger partial charge on any atom is -0.378 e. The lowest BCUT2D eigenvalue weighted by molar-refractivity contribution is -0.133. The van der Waals surface area contributed by atoms with E-state index in [9.17, 15) is 13.2 Å². The number of hydrogen-bond acceptors (Lipinski definition) is 6. The molecule has 1 aromatic rings. The number of carbonyl (C=O) groups excluding carboxylic acids is 1. The molecule has 2 aliphatic rings. The third-order valence-corrected chi connectivity index (χ3v) is 6.62. The SMILES string of the molecule is COCc1n[nH]c2c1CN(C(=O)CN(C)C1CCS(=O)(=O)C1)CC2. The molecule has 24 heavy (non-hydrogen) atoms. The van der Waals surface area contributed by atoms with Gasteiger partial charge in [0.2, 0.25) is 5.91 Å². The maximum absolute atomic E-state index is 12.6. The number of aromatic nitrogens is 2. The lowest BCUT2D eigenvalue weighted by Gasteiger charge is -2.30. The van der Waals surface area contributed by atoms with Crippen LogP contribution in [0.2, 0.25) is 0 Å². The Balaban J connectivity index is 1.61. The first-order chi connectivity index (χ1) is 11.4. The van der Waals surface area contributed by atoms with Crippen molar-refractivity contribution >= 4 is 15.7 Å². The van der Waals surface area contributed by atoms with Crippen LogP contribution in [-0.4, -0.2) is 79.1 Å². The molecule has 1 N–H and O–H groups in total. The van der Waals surface area contributed by atoms with Crippen LogP contribution >= 0.6 is 0 Å². The molecule has 1 saturated heterocycles. The Bertz CT molecular complexity index is 715. The summed E-state index contributed by atoms with van der Waals surface area (Å²) in [4.78, 5) is 16.3. The number of sulfone groups is 1. The highest BCUT2D eigenvalue weighted by atomic mass is 32.2. The zero-order chi connectivity index (χ0) is 17.3. The molecular formula is C15H24N4O4S. The molecule has 3 rings (SSSR count). The van der Waals surface area contributed by atoms with Crippen LogP contribution in [0, 0.1) is 0 Å². The molecule has 1 unspecified atom stereocenters. The van der Waals surface area contributed by atoms with E-state index in [2.05, 4.69) is 10.2 Å². The molecular weight excluding hydrogens is 332 g/mol. The third-order valence-electron chi connectivity index (χ3n) is 4.87. The number of amides is 1. The second kappa shape index (κ2) is 6.81. The summed E-state index contributed by atoms with van der Waals surface area (Å²) >= 11 is 0. The summed E-state index contributed by atoms with van der Waals surface area (Å²) in [7, 11) is 0.510. The van der Waals surface area contributed by atoms with Gasteiger partial charge in [0, 0.05) is 43.9 Å². The summed E-state index contributed by atoms with van der Waals surface area (Å²) in [5, 5.41) is 7.28. The number of nitrogens with zero attached hydrogens (tertiary/aromatic N) is 3. The van der Waals surface area contributed by atoms with Crippen LogP contribution in [0.3, 0.4) is 0 Å². The number of nitrogens with one attached hydrogen (secondary N) is 1. The molecule has 1 aromatic heterocycles. The number of aromatic amines is 1. The van der Waals surface area contributed by atoms with Gasteiger partial charge >= 0.3 is 0 Å². The van der Waals surface area contributed by atoms with Gasteiger partial charge in [0.1, 0.15) is 0 Å². The molecule has 1 atom stereocenters. The number of methoxy groups -OCH3 is 1. The number of hydrogen-bond donors (Lipinski definition) is 1. The zero-order valence-electron chi connectivity index (χ0n) is 14.1. The van der Waals surface area contributed by atoms with E-state index in [0.29, 0.717) is 26.1 Å². The molecule has 9 heteroatoms. The van der Waals surface area contributed by atoms with Crippen LogP contribution in [0.25, 0.3) is 0 Å². The Morgan fingerprint density at radius 2 is 2.29 bits per heavy atom. The van der Waals surface area contributed by atoms with Gasteiger partial charge in [-0.2, -0.15) is 5.10 Å². The molecule has 0 aliphatic carbocycles. The standard InChI is InChI=1S/C15H24N4O4S/c1-18(11-4-6-24(21,22)10-11)8-15(20)19-5-3-13-12(7-19)14(9-23-2)17-16-13/h11H,3-10H2,1-2H3,(H,16,17). The molecule has 3 heterocycles. The largest absolute Gasteiger partial charge is 0.378 e. The van der Waals surface area contributed by atoms with Crippen molar-refractivity contribution in [1.82, 2.24) is 20.0 Å². The second-order valence-corrected chi connectivity index (χ2v) is 8.83. The quantitative estimate of drug-likeness (QED) is 0.768. The Morgan fingerprint density at radius 3 is 2.96 bits per heavy atom. The van der Waals surface area contributed by atoms with Crippen molar-refractivity contribution < 1.29 is 17.9 Å². The predicted molar refractivity (Wildman–Crippen MR) is 88.1 cm³/mol. The van der Waals surface area contributed by atoms with Gasteiger partial charge in [-0.15, -0.1) is 0 Å². The number of carbonyl (C=O) groups is 1. The monoisotopic (exact) mass is 356 g/mol. The number of rotatable bonds is 5. The van der Waals surface area contributed by atoms with Crippen molar-refractivity contribution in [1.29, 1.82) is 0 Å². The van der Waals surface area contributed by atoms with Crippen molar-refractivity contribution in [2.24, 2.45) is 0 Å². The average Bonchev–Trinajstić information content (AvgIpc) is 3.10. The van der Waals surface area contributed by atoms with Crippen LogP contribution in [0.15, 0.2) is 0 Å². The summed E-state index contributed by atoms with van der Waals surface area (Å²) < 4.78 is 28.3. The molecule has 1 amide bonds. The Labute approximate surface area is 142 Å². The maximum atomic E-state index is 12.6. The van der Waals surface area contributed by atoms with Crippen LogP contribution in [0.4, 0.5) is 0 Å². The summed E-state index contributed by atoms with van der Waals surface area (Å²) in [6.45, 7) is 1.85. The normalized spacial score (nSPS) is 22.8. The molecule has 0 bridgehead atoms. The minimum absolute atomic E-state index is 0.0250. The van der Waals surface area contributed by atoms with E-state index in [0.717, 1.165) is 23.4 Å². The first-order valence-electron chi connectivity index (χ1n) is 8.12. The van der Waals surface area contributed by atoms with E-state index in [1.165, 1.54) is 0 Å². The molecule has 2 aliphatic heterocycles. The molecule has 1 fully saturated rings. The van der Waals surface area contributed by atoms with E-state index in [-0.39, 0.29) is 30.0 Å². The summed E-state index contributed by atoms with van der Waals surface area (Å²) in [6, 6.07) is -0.0581. The fourth-order valence-electron chi connectivity index (χ4n) is 3.39. The van der Waals surface area contributed by atoms with Gasteiger partial charge in [0.05, 0.1) is 30.4 Å². The van der Waals surface area contributed by atoms with Gasteiger partial charge in [0.15, 0.2) is 9.84 Å². The predicted octanol–water partition coefficient (Wildman–Crippen LogP) is -0.440. The number of ether oxygens (including phenoxy) is 1. The Hall–Kier alpha value is -1.45. The summed E-state index contributed by atoms with van der Waals surface area (Å²) in [5.41, 5.74) is 2.96. The minimum atomic E-state index is -2.94. The van der Waals surface area contributed by atoms with Gasteiger partial charge < -0.3 is 9.64 Å². The van der Waals surface area contributed by atoms with Crippen LogP contribution in [0.1, 0.15) is 23.4 Å². The van der Waals surface area contributed by atoms with E-state index in [1.54, 1.807) is 7.11 Å². The number of likely N-dealkylation sites (N-methyl/N-ethyl adjacent to an activating group) is 1. The van der Waals surface area contributed by atoms with E-state index in [1.807, 2.05) is 16.8 Å². The molecule has 134 valence electrons. The highest BCUT2D eigenvalue weighted by molar-refractivity contribution is 7.91. The lowest BCUT2D eigenvalue weighted by atomic mass is 10.1. The summed E-state index contributed by atoms with van der Waals surface area (Å²) in [6.07, 6.45) is 1.36. The van der Waals surface area contributed by atoms with Gasteiger partial charge in [-0.1, -0.05) is 0 Å². The molecule has 0 radical (unpaired) electrons. The highest BCUT2D eigenvalue weighted by Gasteiger charge is 2.32. The zero-order valence-corrected chi connectivity index (χ0v) is 14.9. The Morgan fingerprint density at radius 1 is 1.50 bits per heavy atom.